The molecule has 0 saturated heterocycles. The minimum Gasteiger partial charge on any atom is -0.382 e. The third kappa shape index (κ3) is 4.15. The lowest BCUT2D eigenvalue weighted by atomic mass is 10.2. The molecule has 0 bridgehead atoms. The Morgan fingerprint density at radius 3 is 2.90 bits per heavy atom. The van der Waals surface area contributed by atoms with Crippen molar-refractivity contribution in [1.29, 1.82) is 0 Å². The molecule has 1 amide bonds. The molecule has 0 aliphatic rings. The molecule has 0 atom stereocenters. The Labute approximate surface area is 132 Å². The zero-order valence-corrected chi connectivity index (χ0v) is 13.9. The Balaban J connectivity index is 2.04. The smallest absolute Gasteiger partial charge is 0.267 e. The number of carbonyl (C=O) groups excluding carboxylic acids is 1. The van der Waals surface area contributed by atoms with E-state index in [1.165, 1.54) is 22.7 Å². The number of hydrogen-bond donors (Lipinski definition) is 2. The molecule has 2 rings (SSSR count). The molecule has 3 N–H and O–H groups in total. The van der Waals surface area contributed by atoms with Crippen LogP contribution in [0.1, 0.15) is 29.2 Å². The van der Waals surface area contributed by atoms with Crippen molar-refractivity contribution in [1.82, 2.24) is 14.9 Å². The van der Waals surface area contributed by atoms with Gasteiger partial charge in [-0.15, -0.1) is 11.3 Å². The summed E-state index contributed by atoms with van der Waals surface area (Å²) in [6.45, 7) is 5.49. The number of nitrogens with two attached hydrogens (primary N) is 1. The second-order valence-corrected chi connectivity index (χ2v) is 6.87. The van der Waals surface area contributed by atoms with Gasteiger partial charge < -0.3 is 16.0 Å². The van der Waals surface area contributed by atoms with Gasteiger partial charge in [-0.1, -0.05) is 25.2 Å². The highest BCUT2D eigenvalue weighted by molar-refractivity contribution is 7.18. The molecule has 0 saturated carbocycles. The zero-order valence-electron chi connectivity index (χ0n) is 12.3. The van der Waals surface area contributed by atoms with E-state index in [2.05, 4.69) is 29.1 Å². The van der Waals surface area contributed by atoms with Crippen LogP contribution >= 0.6 is 22.7 Å². The first-order chi connectivity index (χ1) is 9.97. The number of anilines is 2. The Kier molecular flexibility index (Phi) is 5.13. The fraction of sp³-hybridized carbons (Fsp3) is 0.462. The Hall–Kier alpha value is -1.67. The molecule has 2 aromatic heterocycles. The first-order valence-electron chi connectivity index (χ1n) is 6.60. The van der Waals surface area contributed by atoms with E-state index in [0.29, 0.717) is 22.5 Å². The van der Waals surface area contributed by atoms with E-state index in [0.717, 1.165) is 12.2 Å². The number of hydrogen-bond acceptors (Lipinski definition) is 7. The second-order valence-electron chi connectivity index (χ2n) is 5.15. The molecule has 114 valence electrons. The summed E-state index contributed by atoms with van der Waals surface area (Å²) in [7, 11) is 1.74. The van der Waals surface area contributed by atoms with Gasteiger partial charge in [-0.05, 0) is 5.92 Å². The van der Waals surface area contributed by atoms with Gasteiger partial charge >= 0.3 is 0 Å². The van der Waals surface area contributed by atoms with Gasteiger partial charge in [-0.3, -0.25) is 4.79 Å². The van der Waals surface area contributed by atoms with Gasteiger partial charge in [0.1, 0.15) is 10.7 Å². The minimum atomic E-state index is -0.129. The molecule has 0 aliphatic carbocycles. The fourth-order valence-electron chi connectivity index (χ4n) is 1.66. The third-order valence-electron chi connectivity index (χ3n) is 2.74. The molecule has 6 nitrogen and oxygen atoms in total. The van der Waals surface area contributed by atoms with Crippen molar-refractivity contribution in [2.75, 3.05) is 24.6 Å². The van der Waals surface area contributed by atoms with Crippen LogP contribution < -0.4 is 11.1 Å². The van der Waals surface area contributed by atoms with E-state index in [-0.39, 0.29) is 11.7 Å². The van der Waals surface area contributed by atoms with E-state index < -0.39 is 0 Å². The van der Waals surface area contributed by atoms with Crippen molar-refractivity contribution in [3.63, 3.8) is 0 Å². The van der Waals surface area contributed by atoms with Crippen molar-refractivity contribution in [2.24, 2.45) is 5.92 Å². The highest BCUT2D eigenvalue weighted by Gasteiger charge is 2.20. The fourth-order valence-corrected chi connectivity index (χ4v) is 3.09. The summed E-state index contributed by atoms with van der Waals surface area (Å²) >= 11 is 2.81. The van der Waals surface area contributed by atoms with Crippen LogP contribution in [0.5, 0.6) is 0 Å². The van der Waals surface area contributed by atoms with E-state index >= 15 is 0 Å². The van der Waals surface area contributed by atoms with Gasteiger partial charge in [0, 0.05) is 19.0 Å². The van der Waals surface area contributed by atoms with Crippen molar-refractivity contribution < 1.29 is 4.79 Å². The molecule has 0 unspecified atom stereocenters. The van der Waals surface area contributed by atoms with Gasteiger partial charge in [0.2, 0.25) is 0 Å². The lowest BCUT2D eigenvalue weighted by molar-refractivity contribution is 0.0789. The van der Waals surface area contributed by atoms with Gasteiger partial charge in [-0.2, -0.15) is 0 Å². The Bertz CT molecular complexity index is 594. The standard InChI is InChI=1S/C13H19N5OS2/c1-8(2)4-15-13-17-11(14)10(21-13)12(19)18(3)5-9-6-20-7-16-9/h6-8H,4-5,14H2,1-3H3,(H,15,17). The first kappa shape index (κ1) is 15.7. The number of aromatic nitrogens is 2. The largest absolute Gasteiger partial charge is 0.382 e. The number of rotatable bonds is 6. The normalized spacial score (nSPS) is 10.9. The van der Waals surface area contributed by atoms with Crippen molar-refractivity contribution in [2.45, 2.75) is 20.4 Å². The molecule has 21 heavy (non-hydrogen) atoms. The molecule has 0 fully saturated rings. The predicted octanol–water partition coefficient (Wildman–Crippen LogP) is 2.52. The number of nitrogen functional groups attached to an aromatic ring is 1. The molecule has 0 radical (unpaired) electrons. The van der Waals surface area contributed by atoms with Gasteiger partial charge in [0.05, 0.1) is 17.7 Å². The van der Waals surface area contributed by atoms with Crippen LogP contribution in [0.3, 0.4) is 0 Å². The predicted molar refractivity (Wildman–Crippen MR) is 87.8 cm³/mol. The van der Waals surface area contributed by atoms with Crippen LogP contribution in [0, 0.1) is 5.92 Å². The molecule has 0 aromatic carbocycles. The highest BCUT2D eigenvalue weighted by Crippen LogP contribution is 2.26. The number of carbonyl (C=O) groups is 1. The van der Waals surface area contributed by atoms with E-state index in [1.54, 1.807) is 17.5 Å². The van der Waals surface area contributed by atoms with Gasteiger partial charge in [0.15, 0.2) is 5.13 Å². The molecule has 0 spiro atoms. The van der Waals surface area contributed by atoms with Crippen molar-refractivity contribution >= 4 is 39.5 Å². The number of amides is 1. The Morgan fingerprint density at radius 2 is 2.29 bits per heavy atom. The number of nitrogens with zero attached hydrogens (tertiary/aromatic N) is 3. The third-order valence-corrected chi connectivity index (χ3v) is 4.39. The number of thiazole rings is 2. The van der Waals surface area contributed by atoms with Crippen LogP contribution in [-0.2, 0) is 6.54 Å². The maximum absolute atomic E-state index is 12.4. The number of nitrogens with one attached hydrogen (secondary N) is 1. The van der Waals surface area contributed by atoms with E-state index in [4.69, 9.17) is 5.73 Å². The maximum atomic E-state index is 12.4. The van der Waals surface area contributed by atoms with Crippen LogP contribution in [0.25, 0.3) is 0 Å². The molecule has 8 heteroatoms. The molecular formula is C13H19N5OS2. The highest BCUT2D eigenvalue weighted by atomic mass is 32.1. The zero-order chi connectivity index (χ0) is 15.4. The average molecular weight is 325 g/mol. The SMILES string of the molecule is CC(C)CNc1nc(N)c(C(=O)N(C)Cc2cscn2)s1. The molecule has 0 aliphatic heterocycles. The van der Waals surface area contributed by atoms with Gasteiger partial charge in [0.25, 0.3) is 5.91 Å². The average Bonchev–Trinajstić information content (AvgIpc) is 3.05. The summed E-state index contributed by atoms with van der Waals surface area (Å²) < 4.78 is 0. The topological polar surface area (TPSA) is 84.1 Å². The van der Waals surface area contributed by atoms with Crippen LogP contribution in [0.4, 0.5) is 10.9 Å². The second kappa shape index (κ2) is 6.86. The van der Waals surface area contributed by atoms with Crippen LogP contribution in [-0.4, -0.2) is 34.4 Å². The summed E-state index contributed by atoms with van der Waals surface area (Å²) in [5.74, 6) is 0.651. The molecular weight excluding hydrogens is 306 g/mol. The summed E-state index contributed by atoms with van der Waals surface area (Å²) in [5, 5.41) is 5.80. The molecule has 2 aromatic rings. The summed E-state index contributed by atoms with van der Waals surface area (Å²) in [6, 6.07) is 0. The van der Waals surface area contributed by atoms with Crippen LogP contribution in [0.15, 0.2) is 10.9 Å². The van der Waals surface area contributed by atoms with Crippen LogP contribution in [0.2, 0.25) is 0 Å². The molecule has 2 heterocycles. The summed E-state index contributed by atoms with van der Waals surface area (Å²) in [6.07, 6.45) is 0. The van der Waals surface area contributed by atoms with E-state index in [9.17, 15) is 4.79 Å². The maximum Gasteiger partial charge on any atom is 0.267 e. The minimum absolute atomic E-state index is 0.129. The monoisotopic (exact) mass is 325 g/mol. The van der Waals surface area contributed by atoms with Crippen molar-refractivity contribution in [3.05, 3.63) is 21.5 Å². The lowest BCUT2D eigenvalue weighted by Crippen LogP contribution is -2.26. The van der Waals surface area contributed by atoms with Crippen molar-refractivity contribution in [3.8, 4) is 0 Å². The summed E-state index contributed by atoms with van der Waals surface area (Å²) in [4.78, 5) is 22.9. The quantitative estimate of drug-likeness (QED) is 0.852. The Morgan fingerprint density at radius 1 is 1.52 bits per heavy atom. The summed E-state index contributed by atoms with van der Waals surface area (Å²) in [5.41, 5.74) is 8.48. The van der Waals surface area contributed by atoms with Gasteiger partial charge in [-0.25, -0.2) is 9.97 Å². The van der Waals surface area contributed by atoms with E-state index in [1.807, 2.05) is 5.38 Å². The lowest BCUT2D eigenvalue weighted by Gasteiger charge is -2.14. The first-order valence-corrected chi connectivity index (χ1v) is 8.36.